The molecule has 0 atom stereocenters. The molecule has 2 heterocycles. The smallest absolute Gasteiger partial charge is 0.223 e. The number of carbonyl (C=O) groups excluding carboxylic acids is 1. The molecule has 0 fully saturated rings. The van der Waals surface area contributed by atoms with Crippen LogP contribution in [0.5, 0.6) is 0 Å². The summed E-state index contributed by atoms with van der Waals surface area (Å²) in [4.78, 5) is 13.5. The third-order valence-electron chi connectivity index (χ3n) is 2.47. The minimum Gasteiger partial charge on any atom is -0.336 e. The van der Waals surface area contributed by atoms with Crippen LogP contribution in [0.4, 0.5) is 0 Å². The number of aromatic amines is 1. The summed E-state index contributed by atoms with van der Waals surface area (Å²) in [6.45, 7) is 1.50. The molecule has 1 aromatic heterocycles. The molecular formula is C9H12BrN3O. The summed E-state index contributed by atoms with van der Waals surface area (Å²) in [5.41, 5.74) is 2.33. The van der Waals surface area contributed by atoms with E-state index >= 15 is 0 Å². The van der Waals surface area contributed by atoms with E-state index in [0.29, 0.717) is 13.0 Å². The normalized spacial score (nSPS) is 15.4. The first-order valence-corrected chi connectivity index (χ1v) is 5.78. The van der Waals surface area contributed by atoms with Crippen molar-refractivity contribution in [1.82, 2.24) is 15.1 Å². The number of hydrogen-bond donors (Lipinski definition) is 1. The number of carbonyl (C=O) groups is 1. The third kappa shape index (κ3) is 1.82. The standard InChI is InChI=1S/C9H12BrN3O/c10-3-1-9(14)13-4-2-7-5-11-12-8(7)6-13/h5H,1-4,6H2,(H,11,12). The van der Waals surface area contributed by atoms with Crippen LogP contribution in [-0.2, 0) is 17.8 Å². The maximum atomic E-state index is 11.6. The Bertz CT molecular complexity index is 337. The highest BCUT2D eigenvalue weighted by molar-refractivity contribution is 9.09. The lowest BCUT2D eigenvalue weighted by Crippen LogP contribution is -2.35. The molecule has 0 aliphatic carbocycles. The number of nitrogens with zero attached hydrogens (tertiary/aromatic N) is 2. The number of fused-ring (bicyclic) bond motifs is 1. The minimum atomic E-state index is 0.210. The van der Waals surface area contributed by atoms with Crippen LogP contribution in [0.25, 0.3) is 0 Å². The van der Waals surface area contributed by atoms with Crippen LogP contribution in [0.1, 0.15) is 17.7 Å². The monoisotopic (exact) mass is 257 g/mol. The highest BCUT2D eigenvalue weighted by atomic mass is 79.9. The van der Waals surface area contributed by atoms with Crippen molar-refractivity contribution in [2.24, 2.45) is 0 Å². The van der Waals surface area contributed by atoms with Crippen molar-refractivity contribution in [3.63, 3.8) is 0 Å². The quantitative estimate of drug-likeness (QED) is 0.807. The Balaban J connectivity index is 2.04. The second kappa shape index (κ2) is 4.13. The van der Waals surface area contributed by atoms with Crippen LogP contribution in [0.15, 0.2) is 6.20 Å². The van der Waals surface area contributed by atoms with Crippen molar-refractivity contribution >= 4 is 21.8 Å². The largest absolute Gasteiger partial charge is 0.336 e. The molecule has 5 heteroatoms. The van der Waals surface area contributed by atoms with Crippen molar-refractivity contribution in [2.75, 3.05) is 11.9 Å². The number of hydrogen-bond acceptors (Lipinski definition) is 2. The van der Waals surface area contributed by atoms with Crippen molar-refractivity contribution in [1.29, 1.82) is 0 Å². The Hall–Kier alpha value is -0.840. The summed E-state index contributed by atoms with van der Waals surface area (Å²) in [5, 5.41) is 7.63. The summed E-state index contributed by atoms with van der Waals surface area (Å²) < 4.78 is 0. The van der Waals surface area contributed by atoms with Crippen LogP contribution < -0.4 is 0 Å². The molecule has 14 heavy (non-hydrogen) atoms. The molecule has 0 bridgehead atoms. The molecule has 0 saturated heterocycles. The lowest BCUT2D eigenvalue weighted by atomic mass is 10.1. The maximum absolute atomic E-state index is 11.6. The number of aromatic nitrogens is 2. The fourth-order valence-electron chi connectivity index (χ4n) is 1.67. The van der Waals surface area contributed by atoms with E-state index in [1.807, 2.05) is 11.1 Å². The summed E-state index contributed by atoms with van der Waals surface area (Å²) in [7, 11) is 0. The van der Waals surface area contributed by atoms with Crippen LogP contribution in [0, 0.1) is 0 Å². The zero-order chi connectivity index (χ0) is 9.97. The van der Waals surface area contributed by atoms with Crippen LogP contribution in [0.3, 0.4) is 0 Å². The Labute approximate surface area is 90.8 Å². The van der Waals surface area contributed by atoms with Crippen molar-refractivity contribution in [2.45, 2.75) is 19.4 Å². The molecule has 0 radical (unpaired) electrons. The second-order valence-electron chi connectivity index (χ2n) is 3.38. The van der Waals surface area contributed by atoms with Gasteiger partial charge in [-0.2, -0.15) is 5.10 Å². The van der Waals surface area contributed by atoms with Gasteiger partial charge < -0.3 is 4.90 Å². The first-order valence-electron chi connectivity index (χ1n) is 4.66. The molecule has 0 saturated carbocycles. The van der Waals surface area contributed by atoms with Gasteiger partial charge in [-0.3, -0.25) is 9.89 Å². The summed E-state index contributed by atoms with van der Waals surface area (Å²) in [6, 6.07) is 0. The Morgan fingerprint density at radius 3 is 3.36 bits per heavy atom. The number of H-pyrrole nitrogens is 1. The van der Waals surface area contributed by atoms with Gasteiger partial charge in [0, 0.05) is 18.3 Å². The fourth-order valence-corrected chi connectivity index (χ4v) is 2.01. The molecule has 4 nitrogen and oxygen atoms in total. The van der Waals surface area contributed by atoms with Crippen LogP contribution in [0.2, 0.25) is 0 Å². The Kier molecular flexibility index (Phi) is 2.86. The van der Waals surface area contributed by atoms with Gasteiger partial charge in [0.05, 0.1) is 18.4 Å². The molecule has 1 amide bonds. The van der Waals surface area contributed by atoms with E-state index in [4.69, 9.17) is 0 Å². The number of rotatable bonds is 2. The molecular weight excluding hydrogens is 246 g/mol. The van der Waals surface area contributed by atoms with E-state index in [2.05, 4.69) is 26.1 Å². The lowest BCUT2D eigenvalue weighted by Gasteiger charge is -2.26. The van der Waals surface area contributed by atoms with Gasteiger partial charge in [-0.25, -0.2) is 0 Å². The fraction of sp³-hybridized carbons (Fsp3) is 0.556. The SMILES string of the molecule is O=C(CCBr)N1CCc2cn[nH]c2C1. The predicted octanol–water partition coefficient (Wildman–Crippen LogP) is 1.08. The first kappa shape index (κ1) is 9.71. The Morgan fingerprint density at radius 2 is 2.57 bits per heavy atom. The highest BCUT2D eigenvalue weighted by Gasteiger charge is 2.20. The van der Waals surface area contributed by atoms with E-state index in [0.717, 1.165) is 24.0 Å². The molecule has 1 aliphatic heterocycles. The van der Waals surface area contributed by atoms with Gasteiger partial charge in [-0.1, -0.05) is 15.9 Å². The molecule has 2 rings (SSSR count). The zero-order valence-electron chi connectivity index (χ0n) is 7.79. The molecule has 0 spiro atoms. The topological polar surface area (TPSA) is 49.0 Å². The molecule has 0 unspecified atom stereocenters. The minimum absolute atomic E-state index is 0.210. The summed E-state index contributed by atoms with van der Waals surface area (Å²) in [6.07, 6.45) is 3.34. The molecule has 1 N–H and O–H groups in total. The van der Waals surface area contributed by atoms with E-state index in [1.165, 1.54) is 5.56 Å². The molecule has 1 aromatic rings. The van der Waals surface area contributed by atoms with Gasteiger partial charge in [0.2, 0.25) is 5.91 Å². The van der Waals surface area contributed by atoms with Crippen molar-refractivity contribution < 1.29 is 4.79 Å². The van der Waals surface area contributed by atoms with Crippen LogP contribution >= 0.6 is 15.9 Å². The average molecular weight is 258 g/mol. The van der Waals surface area contributed by atoms with E-state index in [9.17, 15) is 4.79 Å². The lowest BCUT2D eigenvalue weighted by molar-refractivity contribution is -0.131. The van der Waals surface area contributed by atoms with Gasteiger partial charge in [0.25, 0.3) is 0 Å². The van der Waals surface area contributed by atoms with Gasteiger partial charge in [-0.15, -0.1) is 0 Å². The third-order valence-corrected chi connectivity index (χ3v) is 2.87. The first-order chi connectivity index (χ1) is 6.81. The number of alkyl halides is 1. The van der Waals surface area contributed by atoms with E-state index < -0.39 is 0 Å². The van der Waals surface area contributed by atoms with Gasteiger partial charge in [0.15, 0.2) is 0 Å². The number of nitrogens with one attached hydrogen (secondary N) is 1. The molecule has 1 aliphatic rings. The predicted molar refractivity (Wildman–Crippen MR) is 56.1 cm³/mol. The number of amides is 1. The second-order valence-corrected chi connectivity index (χ2v) is 4.17. The maximum Gasteiger partial charge on any atom is 0.223 e. The van der Waals surface area contributed by atoms with Gasteiger partial charge in [0.1, 0.15) is 0 Å². The Morgan fingerprint density at radius 1 is 1.71 bits per heavy atom. The molecule has 0 aromatic carbocycles. The summed E-state index contributed by atoms with van der Waals surface area (Å²) in [5.74, 6) is 0.210. The van der Waals surface area contributed by atoms with E-state index in [1.54, 1.807) is 0 Å². The number of halogens is 1. The van der Waals surface area contributed by atoms with Gasteiger partial charge >= 0.3 is 0 Å². The summed E-state index contributed by atoms with van der Waals surface area (Å²) >= 11 is 3.27. The van der Waals surface area contributed by atoms with Crippen molar-refractivity contribution in [3.05, 3.63) is 17.5 Å². The van der Waals surface area contributed by atoms with E-state index in [-0.39, 0.29) is 5.91 Å². The van der Waals surface area contributed by atoms with Gasteiger partial charge in [-0.05, 0) is 12.0 Å². The van der Waals surface area contributed by atoms with Crippen molar-refractivity contribution in [3.8, 4) is 0 Å². The molecule has 76 valence electrons. The average Bonchev–Trinajstić information content (AvgIpc) is 2.64. The highest BCUT2D eigenvalue weighted by Crippen LogP contribution is 2.16. The zero-order valence-corrected chi connectivity index (χ0v) is 9.38. The van der Waals surface area contributed by atoms with Crippen LogP contribution in [-0.4, -0.2) is 32.9 Å².